The lowest BCUT2D eigenvalue weighted by atomic mass is 9.99. The van der Waals surface area contributed by atoms with Crippen LogP contribution in [0.4, 0.5) is 23.8 Å². The predicted octanol–water partition coefficient (Wildman–Crippen LogP) is 3.99. The third-order valence-corrected chi connectivity index (χ3v) is 7.47. The van der Waals surface area contributed by atoms with Gasteiger partial charge in [0.15, 0.2) is 0 Å². The fourth-order valence-electron chi connectivity index (χ4n) is 4.81. The first kappa shape index (κ1) is 32.0. The number of methoxy groups -OCH3 is 1. The van der Waals surface area contributed by atoms with E-state index in [1.807, 2.05) is 0 Å². The number of alkyl halides is 3. The van der Waals surface area contributed by atoms with E-state index in [0.29, 0.717) is 24.1 Å². The molecule has 1 aromatic carbocycles. The number of nitrogens with one attached hydrogen (secondary N) is 2. The van der Waals surface area contributed by atoms with Crippen molar-refractivity contribution >= 4 is 23.6 Å². The number of benzene rings is 1. The van der Waals surface area contributed by atoms with Crippen molar-refractivity contribution in [2.45, 2.75) is 50.9 Å². The highest BCUT2D eigenvalue weighted by Crippen LogP contribution is 2.52. The fraction of sp³-hybridized carbons (Fsp3) is 0.333. The molecule has 1 saturated carbocycles. The van der Waals surface area contributed by atoms with Gasteiger partial charge < -0.3 is 14.5 Å². The smallest absolute Gasteiger partial charge is 0.417 e. The second-order valence-corrected chi connectivity index (χ2v) is 10.9. The summed E-state index contributed by atoms with van der Waals surface area (Å²) in [6, 6.07) is 9.66. The summed E-state index contributed by atoms with van der Waals surface area (Å²) in [4.78, 5) is 59.9. The van der Waals surface area contributed by atoms with E-state index in [1.165, 1.54) is 12.3 Å². The summed E-state index contributed by atoms with van der Waals surface area (Å²) >= 11 is 0. The number of nitrogens with zero attached hydrogens (tertiary/aromatic N) is 5. The summed E-state index contributed by atoms with van der Waals surface area (Å²) in [5.41, 5.74) is -1.46. The second kappa shape index (κ2) is 12.5. The van der Waals surface area contributed by atoms with Crippen LogP contribution in [0.25, 0.3) is 11.3 Å². The van der Waals surface area contributed by atoms with Gasteiger partial charge in [-0.25, -0.2) is 9.78 Å². The zero-order chi connectivity index (χ0) is 33.2. The molecule has 0 unspecified atom stereocenters. The number of rotatable bonds is 10. The minimum absolute atomic E-state index is 0.0263. The van der Waals surface area contributed by atoms with Gasteiger partial charge in [-0.05, 0) is 36.5 Å². The third kappa shape index (κ3) is 6.50. The molecule has 1 fully saturated rings. The summed E-state index contributed by atoms with van der Waals surface area (Å²) in [6.07, 6.45) is -2.47. The van der Waals surface area contributed by atoms with Crippen LogP contribution in [0.3, 0.4) is 0 Å². The summed E-state index contributed by atoms with van der Waals surface area (Å²) in [6.45, 7) is 2.82. The van der Waals surface area contributed by atoms with Gasteiger partial charge in [-0.2, -0.15) is 13.2 Å². The molecule has 1 atom stereocenters. The van der Waals surface area contributed by atoms with Gasteiger partial charge in [0.05, 0.1) is 41.7 Å². The zero-order valence-electron chi connectivity index (χ0n) is 24.8. The molecular formula is C30H28F3N7O6. The van der Waals surface area contributed by atoms with E-state index < -0.39 is 64.9 Å². The number of ketones is 1. The topological polar surface area (TPSA) is 171 Å². The van der Waals surface area contributed by atoms with Crippen molar-refractivity contribution in [2.75, 3.05) is 12.4 Å². The first-order valence-electron chi connectivity index (χ1n) is 14.1. The predicted molar refractivity (Wildman–Crippen MR) is 155 cm³/mol. The molecule has 0 saturated heterocycles. The van der Waals surface area contributed by atoms with E-state index in [-0.39, 0.29) is 17.4 Å². The highest BCUT2D eigenvalue weighted by atomic mass is 19.4. The average Bonchev–Trinajstić information content (AvgIpc) is 3.69. The van der Waals surface area contributed by atoms with Gasteiger partial charge in [-0.3, -0.25) is 29.3 Å². The van der Waals surface area contributed by atoms with Crippen molar-refractivity contribution in [3.8, 4) is 11.3 Å². The highest BCUT2D eigenvalue weighted by molar-refractivity contribution is 5.98. The molecule has 2 amide bonds. The monoisotopic (exact) mass is 639 g/mol. The molecule has 3 heterocycles. The van der Waals surface area contributed by atoms with E-state index in [2.05, 4.69) is 35.5 Å². The van der Waals surface area contributed by atoms with Crippen LogP contribution in [0.2, 0.25) is 0 Å². The number of halogens is 3. The van der Waals surface area contributed by atoms with Crippen LogP contribution >= 0.6 is 0 Å². The van der Waals surface area contributed by atoms with Crippen molar-refractivity contribution in [2.24, 2.45) is 5.92 Å². The Balaban J connectivity index is 1.37. The van der Waals surface area contributed by atoms with Crippen LogP contribution in [0.5, 0.6) is 0 Å². The molecular weight excluding hydrogens is 611 g/mol. The number of amides is 2. The van der Waals surface area contributed by atoms with Crippen molar-refractivity contribution in [1.82, 2.24) is 30.0 Å². The van der Waals surface area contributed by atoms with Gasteiger partial charge in [-0.15, -0.1) is 10.2 Å². The Bertz CT molecular complexity index is 1820. The summed E-state index contributed by atoms with van der Waals surface area (Å²) in [7, 11) is 1.12. The summed E-state index contributed by atoms with van der Waals surface area (Å²) in [5.74, 6) is -2.62. The van der Waals surface area contributed by atoms with Crippen molar-refractivity contribution in [1.29, 1.82) is 0 Å². The maximum Gasteiger partial charge on any atom is 0.417 e. The molecule has 0 aliphatic heterocycles. The van der Waals surface area contributed by atoms with Crippen molar-refractivity contribution < 1.29 is 36.7 Å². The normalized spacial score (nSPS) is 14.4. The molecule has 46 heavy (non-hydrogen) atoms. The van der Waals surface area contributed by atoms with Gasteiger partial charge in [0.1, 0.15) is 6.54 Å². The van der Waals surface area contributed by atoms with Crippen LogP contribution in [0.1, 0.15) is 54.5 Å². The van der Waals surface area contributed by atoms with Crippen LogP contribution in [-0.4, -0.2) is 55.7 Å². The fourth-order valence-corrected chi connectivity index (χ4v) is 4.81. The molecule has 0 radical (unpaired) electrons. The number of hydrogen-bond donors (Lipinski definition) is 2. The quantitative estimate of drug-likeness (QED) is 0.242. The van der Waals surface area contributed by atoms with Gasteiger partial charge in [0.25, 0.3) is 11.4 Å². The Kier molecular flexibility index (Phi) is 8.72. The minimum Gasteiger partial charge on any atom is -0.453 e. The Hall–Kier alpha value is -5.41. The molecule has 13 nitrogen and oxygen atoms in total. The number of aromatic nitrogens is 5. The van der Waals surface area contributed by atoms with Gasteiger partial charge in [0, 0.05) is 6.20 Å². The van der Waals surface area contributed by atoms with Crippen LogP contribution in [0.15, 0.2) is 64.1 Å². The Labute approximate surface area is 259 Å². The first-order chi connectivity index (χ1) is 21.8. The maximum absolute atomic E-state index is 13.5. The van der Waals surface area contributed by atoms with Crippen molar-refractivity contribution in [3.05, 3.63) is 88.3 Å². The lowest BCUT2D eigenvalue weighted by Gasteiger charge is -2.21. The summed E-state index contributed by atoms with van der Waals surface area (Å²) in [5, 5.41) is 12.7. The third-order valence-electron chi connectivity index (χ3n) is 7.47. The van der Waals surface area contributed by atoms with Crippen LogP contribution < -0.4 is 16.2 Å². The van der Waals surface area contributed by atoms with E-state index >= 15 is 0 Å². The van der Waals surface area contributed by atoms with Crippen LogP contribution in [-0.2, 0) is 27.7 Å². The molecule has 16 heteroatoms. The minimum atomic E-state index is -4.54. The van der Waals surface area contributed by atoms with E-state index in [1.54, 1.807) is 44.2 Å². The van der Waals surface area contributed by atoms with Gasteiger partial charge in [-0.1, -0.05) is 44.2 Å². The van der Waals surface area contributed by atoms with E-state index in [4.69, 9.17) is 4.42 Å². The van der Waals surface area contributed by atoms with Crippen LogP contribution in [0, 0.1) is 5.92 Å². The zero-order valence-corrected chi connectivity index (χ0v) is 24.8. The molecule has 2 N–H and O–H groups in total. The molecule has 240 valence electrons. The average molecular weight is 640 g/mol. The molecule has 3 aromatic heterocycles. The number of hydrogen-bond acceptors (Lipinski definition) is 10. The number of anilines is 1. The SMILES string of the molecule is COC(=O)Nc1ncc(-c2ccccc2)n(CC(=O)N[C@@H](C(=O)c2nnc(C3(c4ccc(C(F)(F)F)cn4)CC3)o2)C(C)C)c1=O. The number of ether oxygens (including phenoxy) is 1. The van der Waals surface area contributed by atoms with E-state index in [9.17, 15) is 32.3 Å². The standard InChI is InChI=1S/C30H28F3N7O6/c1-16(2)22(23(42)25-38-39-27(46-25)29(11-12-29)20-10-9-18(13-34-20)30(31,32)33)36-21(41)15-40-19(17-7-5-4-6-8-17)14-35-24(26(40)43)37-28(44)45-3/h4-10,13-14,16,22H,11-12,15H2,1-3H3,(H,36,41)(H,35,37,44)/t22-/m1/s1. The highest BCUT2D eigenvalue weighted by Gasteiger charge is 2.52. The number of Topliss-reactive ketones (excluding diaryl/α,β-unsaturated/α-hetero) is 1. The second-order valence-electron chi connectivity index (χ2n) is 10.9. The Morgan fingerprint density at radius 1 is 1.04 bits per heavy atom. The van der Waals surface area contributed by atoms with Gasteiger partial charge in [0.2, 0.25) is 23.4 Å². The first-order valence-corrected chi connectivity index (χ1v) is 14.1. The van der Waals surface area contributed by atoms with E-state index in [0.717, 1.165) is 23.9 Å². The molecule has 1 aliphatic carbocycles. The van der Waals surface area contributed by atoms with Crippen molar-refractivity contribution in [3.63, 3.8) is 0 Å². The Morgan fingerprint density at radius 2 is 1.76 bits per heavy atom. The number of carbonyl (C=O) groups is 3. The molecule has 5 rings (SSSR count). The molecule has 0 spiro atoms. The van der Waals surface area contributed by atoms with Gasteiger partial charge >= 0.3 is 12.3 Å². The molecule has 4 aromatic rings. The Morgan fingerprint density at radius 3 is 2.35 bits per heavy atom. The maximum atomic E-state index is 13.5. The molecule has 0 bridgehead atoms. The summed E-state index contributed by atoms with van der Waals surface area (Å²) < 4.78 is 50.4. The molecule has 1 aliphatic rings. The lowest BCUT2D eigenvalue weighted by Crippen LogP contribution is -2.46. The lowest BCUT2D eigenvalue weighted by molar-refractivity contribution is -0.137. The number of carbonyl (C=O) groups excluding carboxylic acids is 3. The largest absolute Gasteiger partial charge is 0.453 e. The number of pyridine rings is 1.